The predicted molar refractivity (Wildman–Crippen MR) is 107 cm³/mol. The molecule has 1 heterocycles. The number of carbonyl (C=O) groups excluding carboxylic acids is 2. The highest BCUT2D eigenvalue weighted by Crippen LogP contribution is 2.20. The molecule has 1 N–H and O–H groups in total. The summed E-state index contributed by atoms with van der Waals surface area (Å²) in [5, 5.41) is 6.98. The van der Waals surface area contributed by atoms with Crippen molar-refractivity contribution in [2.45, 2.75) is 13.5 Å². The highest BCUT2D eigenvalue weighted by atomic mass is 79.9. The molecule has 0 spiro atoms. The van der Waals surface area contributed by atoms with Crippen LogP contribution in [0.25, 0.3) is 11.3 Å². The predicted octanol–water partition coefficient (Wildman–Crippen LogP) is 3.51. The van der Waals surface area contributed by atoms with E-state index in [1.165, 1.54) is 13.0 Å². The number of Topliss-reactive ketones (excluding diaryl/α,β-unsaturated/α-hetero) is 1. The molecule has 3 rings (SSSR count). The Kier molecular flexibility index (Phi) is 5.61. The van der Waals surface area contributed by atoms with Gasteiger partial charge < -0.3 is 5.32 Å². The van der Waals surface area contributed by atoms with Gasteiger partial charge in [-0.3, -0.25) is 14.4 Å². The molecule has 1 amide bonds. The number of hydrogen-bond donors (Lipinski definition) is 1. The standard InChI is InChI=1S/C20H16BrN3O3/c1-13(25)14-5-7-17(8-6-14)22-19(26)12-24-20(27)10-9-18(23-24)15-3-2-4-16(21)11-15/h2-11H,12H2,1H3,(H,22,26). The van der Waals surface area contributed by atoms with E-state index >= 15 is 0 Å². The van der Waals surface area contributed by atoms with Crippen molar-refractivity contribution < 1.29 is 9.59 Å². The molecule has 0 bridgehead atoms. The van der Waals surface area contributed by atoms with Crippen LogP contribution >= 0.6 is 15.9 Å². The van der Waals surface area contributed by atoms with Gasteiger partial charge in [0, 0.05) is 27.4 Å². The fourth-order valence-corrected chi connectivity index (χ4v) is 2.89. The van der Waals surface area contributed by atoms with E-state index in [1.54, 1.807) is 30.3 Å². The molecule has 136 valence electrons. The lowest BCUT2D eigenvalue weighted by Gasteiger charge is -2.09. The number of aromatic nitrogens is 2. The van der Waals surface area contributed by atoms with Crippen molar-refractivity contribution in [2.75, 3.05) is 5.32 Å². The van der Waals surface area contributed by atoms with E-state index in [1.807, 2.05) is 24.3 Å². The van der Waals surface area contributed by atoms with Crippen molar-refractivity contribution in [3.8, 4) is 11.3 Å². The molecule has 2 aromatic carbocycles. The van der Waals surface area contributed by atoms with Gasteiger partial charge in [-0.15, -0.1) is 0 Å². The highest BCUT2D eigenvalue weighted by Gasteiger charge is 2.09. The summed E-state index contributed by atoms with van der Waals surface area (Å²) in [4.78, 5) is 35.6. The summed E-state index contributed by atoms with van der Waals surface area (Å²) >= 11 is 3.40. The molecule has 0 unspecified atom stereocenters. The lowest BCUT2D eigenvalue weighted by molar-refractivity contribution is -0.117. The third-order valence-electron chi connectivity index (χ3n) is 3.86. The van der Waals surface area contributed by atoms with Crippen LogP contribution in [0.1, 0.15) is 17.3 Å². The van der Waals surface area contributed by atoms with Gasteiger partial charge in [0.2, 0.25) is 5.91 Å². The number of halogens is 1. The van der Waals surface area contributed by atoms with Crippen LogP contribution < -0.4 is 10.9 Å². The van der Waals surface area contributed by atoms with Crippen LogP contribution in [0.3, 0.4) is 0 Å². The Labute approximate surface area is 164 Å². The van der Waals surface area contributed by atoms with E-state index in [0.29, 0.717) is 16.9 Å². The minimum Gasteiger partial charge on any atom is -0.324 e. The Morgan fingerprint density at radius 3 is 2.48 bits per heavy atom. The van der Waals surface area contributed by atoms with Crippen LogP contribution in [0, 0.1) is 0 Å². The molecule has 0 aliphatic rings. The SMILES string of the molecule is CC(=O)c1ccc(NC(=O)Cn2nc(-c3cccc(Br)c3)ccc2=O)cc1. The van der Waals surface area contributed by atoms with Gasteiger partial charge in [0.25, 0.3) is 5.56 Å². The van der Waals surface area contributed by atoms with Crippen LogP contribution in [0.15, 0.2) is 69.9 Å². The fraction of sp³-hybridized carbons (Fsp3) is 0.100. The van der Waals surface area contributed by atoms with E-state index < -0.39 is 0 Å². The average molecular weight is 426 g/mol. The zero-order chi connectivity index (χ0) is 19.4. The van der Waals surface area contributed by atoms with E-state index in [9.17, 15) is 14.4 Å². The third-order valence-corrected chi connectivity index (χ3v) is 4.35. The van der Waals surface area contributed by atoms with Crippen molar-refractivity contribution in [3.05, 3.63) is 81.1 Å². The molecule has 1 aromatic heterocycles. The summed E-state index contributed by atoms with van der Waals surface area (Å²) in [5.41, 5.74) is 2.16. The second-order valence-corrected chi connectivity index (χ2v) is 6.82. The van der Waals surface area contributed by atoms with Crippen LogP contribution in [-0.4, -0.2) is 21.5 Å². The molecule has 3 aromatic rings. The highest BCUT2D eigenvalue weighted by molar-refractivity contribution is 9.10. The minimum absolute atomic E-state index is 0.0482. The van der Waals surface area contributed by atoms with Gasteiger partial charge in [0.1, 0.15) is 6.54 Å². The van der Waals surface area contributed by atoms with Gasteiger partial charge in [-0.2, -0.15) is 5.10 Å². The largest absolute Gasteiger partial charge is 0.324 e. The van der Waals surface area contributed by atoms with Crippen molar-refractivity contribution in [1.29, 1.82) is 0 Å². The Balaban J connectivity index is 1.76. The van der Waals surface area contributed by atoms with Gasteiger partial charge in [0.05, 0.1) is 5.69 Å². The van der Waals surface area contributed by atoms with Crippen LogP contribution in [0.2, 0.25) is 0 Å². The number of nitrogens with zero attached hydrogens (tertiary/aromatic N) is 2. The second kappa shape index (κ2) is 8.09. The monoisotopic (exact) mass is 425 g/mol. The molecule has 6 nitrogen and oxygen atoms in total. The van der Waals surface area contributed by atoms with Gasteiger partial charge in [-0.05, 0) is 49.4 Å². The van der Waals surface area contributed by atoms with Gasteiger partial charge >= 0.3 is 0 Å². The number of hydrogen-bond acceptors (Lipinski definition) is 4. The van der Waals surface area contributed by atoms with Gasteiger partial charge in [0.15, 0.2) is 5.78 Å². The zero-order valence-corrected chi connectivity index (χ0v) is 16.1. The Hall–Kier alpha value is -3.06. The normalized spacial score (nSPS) is 10.4. The average Bonchev–Trinajstić information content (AvgIpc) is 2.64. The van der Waals surface area contributed by atoms with Crippen LogP contribution in [-0.2, 0) is 11.3 Å². The first-order chi connectivity index (χ1) is 12.9. The lowest BCUT2D eigenvalue weighted by atomic mass is 10.1. The third kappa shape index (κ3) is 4.77. The first-order valence-corrected chi connectivity index (χ1v) is 8.96. The summed E-state index contributed by atoms with van der Waals surface area (Å²) in [5.74, 6) is -0.431. The summed E-state index contributed by atoms with van der Waals surface area (Å²) in [6, 6.07) is 17.1. The first kappa shape index (κ1) is 18.7. The first-order valence-electron chi connectivity index (χ1n) is 8.17. The van der Waals surface area contributed by atoms with E-state index in [2.05, 4.69) is 26.3 Å². The second-order valence-electron chi connectivity index (χ2n) is 5.91. The maximum atomic E-state index is 12.3. The van der Waals surface area contributed by atoms with Crippen molar-refractivity contribution in [2.24, 2.45) is 0 Å². The summed E-state index contributed by atoms with van der Waals surface area (Å²) in [6.07, 6.45) is 0. The number of carbonyl (C=O) groups is 2. The van der Waals surface area contributed by atoms with E-state index in [-0.39, 0.29) is 23.8 Å². The number of ketones is 1. The summed E-state index contributed by atoms with van der Waals surface area (Å²) < 4.78 is 2.02. The molecule has 7 heteroatoms. The molecule has 27 heavy (non-hydrogen) atoms. The smallest absolute Gasteiger partial charge is 0.267 e. The number of anilines is 1. The Morgan fingerprint density at radius 1 is 1.07 bits per heavy atom. The molecule has 0 aliphatic heterocycles. The van der Waals surface area contributed by atoms with Gasteiger partial charge in [-0.1, -0.05) is 28.1 Å². The van der Waals surface area contributed by atoms with E-state index in [0.717, 1.165) is 14.7 Å². The van der Waals surface area contributed by atoms with E-state index in [4.69, 9.17) is 0 Å². The summed E-state index contributed by atoms with van der Waals surface area (Å²) in [6.45, 7) is 1.26. The van der Waals surface area contributed by atoms with Gasteiger partial charge in [-0.25, -0.2) is 4.68 Å². The molecule has 0 aliphatic carbocycles. The lowest BCUT2D eigenvalue weighted by Crippen LogP contribution is -2.29. The Morgan fingerprint density at radius 2 is 1.81 bits per heavy atom. The summed E-state index contributed by atoms with van der Waals surface area (Å²) in [7, 11) is 0. The molecule has 0 radical (unpaired) electrons. The maximum Gasteiger partial charge on any atom is 0.267 e. The number of rotatable bonds is 5. The molecular weight excluding hydrogens is 410 g/mol. The molecule has 0 saturated heterocycles. The number of benzene rings is 2. The van der Waals surface area contributed by atoms with Crippen molar-refractivity contribution in [1.82, 2.24) is 9.78 Å². The number of amides is 1. The van der Waals surface area contributed by atoms with Crippen LogP contribution in [0.5, 0.6) is 0 Å². The Bertz CT molecular complexity index is 1060. The fourth-order valence-electron chi connectivity index (χ4n) is 2.49. The molecular formula is C20H16BrN3O3. The maximum absolute atomic E-state index is 12.3. The number of nitrogens with one attached hydrogen (secondary N) is 1. The minimum atomic E-state index is -0.383. The zero-order valence-electron chi connectivity index (χ0n) is 14.5. The quantitative estimate of drug-likeness (QED) is 0.634. The van der Waals surface area contributed by atoms with Crippen LogP contribution in [0.4, 0.5) is 5.69 Å². The molecule has 0 saturated carbocycles. The van der Waals surface area contributed by atoms with Crippen molar-refractivity contribution in [3.63, 3.8) is 0 Å². The topological polar surface area (TPSA) is 81.1 Å². The van der Waals surface area contributed by atoms with Crippen molar-refractivity contribution >= 4 is 33.3 Å². The molecule has 0 fully saturated rings. The molecule has 0 atom stereocenters.